The van der Waals surface area contributed by atoms with Crippen LogP contribution in [0.2, 0.25) is 0 Å². The maximum absolute atomic E-state index is 4.57. The summed E-state index contributed by atoms with van der Waals surface area (Å²) >= 11 is 1.73. The molecule has 24 heavy (non-hydrogen) atoms. The normalized spacial score (nSPS) is 19.0. The van der Waals surface area contributed by atoms with Gasteiger partial charge in [-0.2, -0.15) is 0 Å². The van der Waals surface area contributed by atoms with Gasteiger partial charge in [0, 0.05) is 31.6 Å². The molecule has 0 saturated carbocycles. The number of likely N-dealkylation sites (tertiary alicyclic amines) is 1. The first-order chi connectivity index (χ1) is 11.2. The quantitative estimate of drug-likeness (QED) is 0.281. The number of aliphatic imine (C=N–C) groups is 1. The first-order valence-corrected chi connectivity index (χ1v) is 9.72. The highest BCUT2D eigenvalue weighted by Crippen LogP contribution is 2.16. The Morgan fingerprint density at radius 1 is 1.42 bits per heavy atom. The van der Waals surface area contributed by atoms with Crippen molar-refractivity contribution < 1.29 is 0 Å². The second-order valence-corrected chi connectivity index (χ2v) is 7.12. The summed E-state index contributed by atoms with van der Waals surface area (Å²) in [6.45, 7) is 8.62. The molecule has 1 unspecified atom stereocenters. The molecule has 5 nitrogen and oxygen atoms in total. The van der Waals surface area contributed by atoms with Crippen molar-refractivity contribution in [3.63, 3.8) is 0 Å². The third kappa shape index (κ3) is 7.23. The average molecular weight is 465 g/mol. The van der Waals surface area contributed by atoms with E-state index in [9.17, 15) is 0 Å². The Labute approximate surface area is 167 Å². The van der Waals surface area contributed by atoms with Crippen molar-refractivity contribution >= 4 is 41.3 Å². The van der Waals surface area contributed by atoms with E-state index >= 15 is 0 Å². The van der Waals surface area contributed by atoms with E-state index in [4.69, 9.17) is 0 Å². The highest BCUT2D eigenvalue weighted by Gasteiger charge is 2.17. The van der Waals surface area contributed by atoms with Gasteiger partial charge in [-0.1, -0.05) is 13.3 Å². The van der Waals surface area contributed by atoms with Gasteiger partial charge in [0.1, 0.15) is 0 Å². The summed E-state index contributed by atoms with van der Waals surface area (Å²) < 4.78 is 0. The highest BCUT2D eigenvalue weighted by molar-refractivity contribution is 14.0. The van der Waals surface area contributed by atoms with E-state index in [0.717, 1.165) is 43.6 Å². The Bertz CT molecular complexity index is 491. The van der Waals surface area contributed by atoms with E-state index in [1.54, 1.807) is 11.3 Å². The largest absolute Gasteiger partial charge is 0.356 e. The molecular formula is C17H32IN5S. The number of aryl methyl sites for hydroxylation is 1. The molecule has 0 aromatic carbocycles. The van der Waals surface area contributed by atoms with Crippen molar-refractivity contribution in [3.05, 3.63) is 16.1 Å². The first kappa shape index (κ1) is 21.6. The number of thiazole rings is 1. The van der Waals surface area contributed by atoms with Crippen molar-refractivity contribution in [3.8, 4) is 0 Å². The number of hydrogen-bond acceptors (Lipinski definition) is 4. The predicted molar refractivity (Wildman–Crippen MR) is 115 cm³/mol. The van der Waals surface area contributed by atoms with E-state index in [0.29, 0.717) is 0 Å². The molecule has 7 heteroatoms. The molecule has 0 radical (unpaired) electrons. The minimum absolute atomic E-state index is 0. The molecule has 138 valence electrons. The number of guanidine groups is 1. The van der Waals surface area contributed by atoms with Crippen LogP contribution >= 0.6 is 35.3 Å². The number of nitrogens with one attached hydrogen (secondary N) is 2. The fourth-order valence-electron chi connectivity index (χ4n) is 2.97. The smallest absolute Gasteiger partial charge is 0.191 e. The second kappa shape index (κ2) is 12.0. The lowest BCUT2D eigenvalue weighted by molar-refractivity contribution is 0.159. The van der Waals surface area contributed by atoms with Crippen LogP contribution in [-0.2, 0) is 13.0 Å². The van der Waals surface area contributed by atoms with Gasteiger partial charge in [-0.3, -0.25) is 4.99 Å². The summed E-state index contributed by atoms with van der Waals surface area (Å²) in [7, 11) is 1.82. The second-order valence-electron chi connectivity index (χ2n) is 6.17. The molecule has 0 aliphatic carbocycles. The maximum Gasteiger partial charge on any atom is 0.191 e. The third-order valence-corrected chi connectivity index (χ3v) is 5.46. The van der Waals surface area contributed by atoms with Crippen LogP contribution in [0, 0.1) is 0 Å². The lowest BCUT2D eigenvalue weighted by atomic mass is 10.0. The highest BCUT2D eigenvalue weighted by atomic mass is 127. The summed E-state index contributed by atoms with van der Waals surface area (Å²) in [6.07, 6.45) is 6.26. The van der Waals surface area contributed by atoms with Gasteiger partial charge < -0.3 is 15.5 Å². The summed E-state index contributed by atoms with van der Waals surface area (Å²) in [5.41, 5.74) is 1.09. The van der Waals surface area contributed by atoms with E-state index in [1.165, 1.54) is 37.4 Å². The van der Waals surface area contributed by atoms with Crippen molar-refractivity contribution in [2.45, 2.75) is 58.5 Å². The minimum Gasteiger partial charge on any atom is -0.356 e. The number of rotatable bonds is 7. The van der Waals surface area contributed by atoms with Crippen LogP contribution < -0.4 is 10.6 Å². The molecule has 1 aliphatic rings. The number of aromatic nitrogens is 1. The van der Waals surface area contributed by atoms with E-state index in [2.05, 4.69) is 44.7 Å². The van der Waals surface area contributed by atoms with Gasteiger partial charge in [-0.25, -0.2) is 4.98 Å². The van der Waals surface area contributed by atoms with Gasteiger partial charge in [0.2, 0.25) is 0 Å². The molecule has 0 spiro atoms. The van der Waals surface area contributed by atoms with Crippen LogP contribution in [0.25, 0.3) is 0 Å². The van der Waals surface area contributed by atoms with Crippen LogP contribution in [0.4, 0.5) is 0 Å². The molecule has 1 saturated heterocycles. The predicted octanol–water partition coefficient (Wildman–Crippen LogP) is 3.25. The first-order valence-electron chi connectivity index (χ1n) is 8.84. The number of piperidine rings is 1. The SMILES string of the molecule is CCc1nc(CNC(=NC)NCCCN2CCCCC2C)cs1.I. The summed E-state index contributed by atoms with van der Waals surface area (Å²) in [6, 6.07) is 0.749. The van der Waals surface area contributed by atoms with Gasteiger partial charge in [0.05, 0.1) is 17.2 Å². The van der Waals surface area contributed by atoms with Crippen molar-refractivity contribution in [2.24, 2.45) is 4.99 Å². The van der Waals surface area contributed by atoms with Crippen LogP contribution in [-0.4, -0.2) is 48.6 Å². The Morgan fingerprint density at radius 3 is 2.92 bits per heavy atom. The summed E-state index contributed by atoms with van der Waals surface area (Å²) in [4.78, 5) is 11.5. The van der Waals surface area contributed by atoms with Gasteiger partial charge in [-0.15, -0.1) is 35.3 Å². The van der Waals surface area contributed by atoms with Crippen LogP contribution in [0.15, 0.2) is 10.4 Å². The number of halogens is 1. The molecule has 0 amide bonds. The standard InChI is InChI=1S/C17H31N5S.HI/c1-4-16-21-15(13-23-16)12-20-17(18-3)19-9-7-11-22-10-6-5-8-14(22)2;/h13-14H,4-12H2,1-3H3,(H2,18,19,20);1H. The zero-order chi connectivity index (χ0) is 16.5. The van der Waals surface area contributed by atoms with Gasteiger partial charge in [0.25, 0.3) is 0 Å². The molecule has 1 aromatic rings. The molecule has 1 aliphatic heterocycles. The Balaban J connectivity index is 0.00000288. The van der Waals surface area contributed by atoms with Crippen LogP contribution in [0.1, 0.15) is 50.2 Å². The fraction of sp³-hybridized carbons (Fsp3) is 0.765. The molecular weight excluding hydrogens is 433 g/mol. The number of hydrogen-bond donors (Lipinski definition) is 2. The van der Waals surface area contributed by atoms with E-state index in [-0.39, 0.29) is 24.0 Å². The molecule has 0 bridgehead atoms. The number of nitrogens with zero attached hydrogens (tertiary/aromatic N) is 3. The lowest BCUT2D eigenvalue weighted by Gasteiger charge is -2.33. The molecule has 2 heterocycles. The Hall–Kier alpha value is -0.410. The molecule has 1 aromatic heterocycles. The monoisotopic (exact) mass is 465 g/mol. The zero-order valence-corrected chi connectivity index (χ0v) is 18.3. The molecule has 1 atom stereocenters. The Morgan fingerprint density at radius 2 is 2.25 bits per heavy atom. The molecule has 2 rings (SSSR count). The van der Waals surface area contributed by atoms with Crippen molar-refractivity contribution in [1.82, 2.24) is 20.5 Å². The lowest BCUT2D eigenvalue weighted by Crippen LogP contribution is -2.41. The third-order valence-electron chi connectivity index (χ3n) is 4.42. The van der Waals surface area contributed by atoms with E-state index < -0.39 is 0 Å². The van der Waals surface area contributed by atoms with E-state index in [1.807, 2.05) is 7.05 Å². The topological polar surface area (TPSA) is 52.6 Å². The summed E-state index contributed by atoms with van der Waals surface area (Å²) in [5, 5.41) is 10.1. The van der Waals surface area contributed by atoms with Crippen molar-refractivity contribution in [1.29, 1.82) is 0 Å². The van der Waals surface area contributed by atoms with Gasteiger partial charge in [0.15, 0.2) is 5.96 Å². The molecule has 2 N–H and O–H groups in total. The minimum atomic E-state index is 0. The molecule has 1 fully saturated rings. The zero-order valence-electron chi connectivity index (χ0n) is 15.2. The van der Waals surface area contributed by atoms with Crippen LogP contribution in [0.5, 0.6) is 0 Å². The van der Waals surface area contributed by atoms with Crippen molar-refractivity contribution in [2.75, 3.05) is 26.7 Å². The maximum atomic E-state index is 4.57. The Kier molecular flexibility index (Phi) is 10.8. The van der Waals surface area contributed by atoms with Crippen LogP contribution in [0.3, 0.4) is 0 Å². The van der Waals surface area contributed by atoms with Gasteiger partial charge in [-0.05, 0) is 39.2 Å². The summed E-state index contributed by atoms with van der Waals surface area (Å²) in [5.74, 6) is 0.864. The average Bonchev–Trinajstić information content (AvgIpc) is 3.04. The fourth-order valence-corrected chi connectivity index (χ4v) is 3.71. The van der Waals surface area contributed by atoms with Gasteiger partial charge >= 0.3 is 0 Å².